The third kappa shape index (κ3) is 2.56. The van der Waals surface area contributed by atoms with E-state index in [2.05, 4.69) is 0 Å². The first kappa shape index (κ1) is 12.7. The number of amides is 1. The number of nitrogens with zero attached hydrogens (tertiary/aromatic N) is 1. The highest BCUT2D eigenvalue weighted by molar-refractivity contribution is 5.99. The van der Waals surface area contributed by atoms with Gasteiger partial charge in [-0.05, 0) is 32.0 Å². The molecule has 5 nitrogen and oxygen atoms in total. The average Bonchev–Trinajstić information content (AvgIpc) is 2.30. The van der Waals surface area contributed by atoms with Crippen molar-refractivity contribution in [1.82, 2.24) is 4.90 Å². The van der Waals surface area contributed by atoms with Crippen LogP contribution in [0.4, 0.5) is 5.69 Å². The fraction of sp³-hybridized carbons (Fsp3) is 0.462. The number of aromatic hydroxyl groups is 1. The Kier molecular flexibility index (Phi) is 3.43. The van der Waals surface area contributed by atoms with Crippen LogP contribution < -0.4 is 5.73 Å². The second-order valence-corrected chi connectivity index (χ2v) is 4.74. The Hall–Kier alpha value is -1.75. The van der Waals surface area contributed by atoms with Gasteiger partial charge in [0.2, 0.25) is 0 Å². The standard InChI is InChI=1S/C13H18N2O3/c1-8-6-15(7-9(2)18-8)13(17)11-5-10(16)3-4-12(11)14/h3-5,8-9,16H,6-7,14H2,1-2H3. The van der Waals surface area contributed by atoms with Gasteiger partial charge in [-0.3, -0.25) is 4.79 Å². The lowest BCUT2D eigenvalue weighted by atomic mass is 10.1. The summed E-state index contributed by atoms with van der Waals surface area (Å²) in [6.45, 7) is 4.94. The molecule has 98 valence electrons. The normalized spacial score (nSPS) is 24.0. The molecule has 2 atom stereocenters. The van der Waals surface area contributed by atoms with Crippen molar-refractivity contribution in [2.75, 3.05) is 18.8 Å². The monoisotopic (exact) mass is 250 g/mol. The molecule has 0 spiro atoms. The lowest BCUT2D eigenvalue weighted by molar-refractivity contribution is -0.0585. The van der Waals surface area contributed by atoms with Crippen LogP contribution in [0.15, 0.2) is 18.2 Å². The van der Waals surface area contributed by atoms with Gasteiger partial charge in [-0.25, -0.2) is 0 Å². The average molecular weight is 250 g/mol. The van der Waals surface area contributed by atoms with Crippen molar-refractivity contribution in [3.63, 3.8) is 0 Å². The van der Waals surface area contributed by atoms with Crippen molar-refractivity contribution >= 4 is 11.6 Å². The number of anilines is 1. The molecule has 5 heteroatoms. The highest BCUT2D eigenvalue weighted by Gasteiger charge is 2.27. The maximum absolute atomic E-state index is 12.3. The number of morpholine rings is 1. The molecule has 1 aliphatic rings. The molecular formula is C13H18N2O3. The van der Waals surface area contributed by atoms with E-state index in [9.17, 15) is 9.90 Å². The van der Waals surface area contributed by atoms with E-state index < -0.39 is 0 Å². The smallest absolute Gasteiger partial charge is 0.256 e. The number of rotatable bonds is 1. The molecule has 0 saturated carbocycles. The summed E-state index contributed by atoms with van der Waals surface area (Å²) >= 11 is 0. The first-order valence-electron chi connectivity index (χ1n) is 6.00. The molecule has 1 aromatic rings. The van der Waals surface area contributed by atoms with Crippen LogP contribution in [-0.2, 0) is 4.74 Å². The summed E-state index contributed by atoms with van der Waals surface area (Å²) < 4.78 is 5.58. The summed E-state index contributed by atoms with van der Waals surface area (Å²) in [5, 5.41) is 9.44. The van der Waals surface area contributed by atoms with Gasteiger partial charge in [0.25, 0.3) is 5.91 Å². The molecule has 2 unspecified atom stereocenters. The summed E-state index contributed by atoms with van der Waals surface area (Å²) in [6, 6.07) is 4.41. The largest absolute Gasteiger partial charge is 0.508 e. The van der Waals surface area contributed by atoms with Gasteiger partial charge < -0.3 is 20.5 Å². The van der Waals surface area contributed by atoms with Gasteiger partial charge in [-0.15, -0.1) is 0 Å². The van der Waals surface area contributed by atoms with E-state index in [4.69, 9.17) is 10.5 Å². The number of ether oxygens (including phenoxy) is 1. The van der Waals surface area contributed by atoms with Crippen LogP contribution in [0.5, 0.6) is 5.75 Å². The maximum Gasteiger partial charge on any atom is 0.256 e. The second-order valence-electron chi connectivity index (χ2n) is 4.74. The number of phenolic OH excluding ortho intramolecular Hbond substituents is 1. The topological polar surface area (TPSA) is 75.8 Å². The minimum Gasteiger partial charge on any atom is -0.508 e. The number of phenols is 1. The Morgan fingerprint density at radius 3 is 2.61 bits per heavy atom. The lowest BCUT2D eigenvalue weighted by Crippen LogP contribution is -2.48. The van der Waals surface area contributed by atoms with Crippen molar-refractivity contribution in [3.05, 3.63) is 23.8 Å². The third-order valence-electron chi connectivity index (χ3n) is 2.97. The van der Waals surface area contributed by atoms with Crippen molar-refractivity contribution in [2.45, 2.75) is 26.1 Å². The van der Waals surface area contributed by atoms with Crippen LogP contribution in [0.25, 0.3) is 0 Å². The van der Waals surface area contributed by atoms with Crippen LogP contribution in [0, 0.1) is 0 Å². The molecule has 2 rings (SSSR count). The zero-order chi connectivity index (χ0) is 13.3. The molecule has 3 N–H and O–H groups in total. The molecule has 1 heterocycles. The predicted octanol–water partition coefficient (Wildman–Crippen LogP) is 1.22. The molecule has 1 aliphatic heterocycles. The van der Waals surface area contributed by atoms with Gasteiger partial charge in [-0.1, -0.05) is 0 Å². The third-order valence-corrected chi connectivity index (χ3v) is 2.97. The molecule has 1 aromatic carbocycles. The summed E-state index contributed by atoms with van der Waals surface area (Å²) in [7, 11) is 0. The van der Waals surface area contributed by atoms with Crippen molar-refractivity contribution < 1.29 is 14.6 Å². The first-order valence-corrected chi connectivity index (χ1v) is 6.00. The lowest BCUT2D eigenvalue weighted by Gasteiger charge is -2.35. The first-order chi connectivity index (χ1) is 8.47. The quantitative estimate of drug-likeness (QED) is 0.580. The molecule has 18 heavy (non-hydrogen) atoms. The van der Waals surface area contributed by atoms with Crippen LogP contribution in [0.1, 0.15) is 24.2 Å². The van der Waals surface area contributed by atoms with E-state index in [0.717, 1.165) is 0 Å². The van der Waals surface area contributed by atoms with E-state index in [0.29, 0.717) is 24.3 Å². The fourth-order valence-corrected chi connectivity index (χ4v) is 2.24. The van der Waals surface area contributed by atoms with Gasteiger partial charge in [0.1, 0.15) is 5.75 Å². The van der Waals surface area contributed by atoms with Gasteiger partial charge in [0.05, 0.1) is 17.8 Å². The van der Waals surface area contributed by atoms with E-state index in [-0.39, 0.29) is 23.9 Å². The number of hydrogen-bond acceptors (Lipinski definition) is 4. The Bertz CT molecular complexity index is 452. The molecule has 1 fully saturated rings. The summed E-state index contributed by atoms with van der Waals surface area (Å²) in [5.74, 6) is -0.118. The Morgan fingerprint density at radius 2 is 2.00 bits per heavy atom. The van der Waals surface area contributed by atoms with E-state index in [1.807, 2.05) is 13.8 Å². The van der Waals surface area contributed by atoms with Crippen molar-refractivity contribution in [3.8, 4) is 5.75 Å². The predicted molar refractivity (Wildman–Crippen MR) is 68.4 cm³/mol. The summed E-state index contributed by atoms with van der Waals surface area (Å²) in [6.07, 6.45) is 0.0208. The zero-order valence-corrected chi connectivity index (χ0v) is 10.6. The van der Waals surface area contributed by atoms with E-state index in [1.165, 1.54) is 18.2 Å². The SMILES string of the molecule is CC1CN(C(=O)c2cc(O)ccc2N)CC(C)O1. The number of carbonyl (C=O) groups is 1. The van der Waals surface area contributed by atoms with Crippen molar-refractivity contribution in [2.24, 2.45) is 0 Å². The number of nitrogens with two attached hydrogens (primary N) is 1. The minimum absolute atomic E-state index is 0.0104. The second kappa shape index (κ2) is 4.86. The number of benzene rings is 1. The number of hydrogen-bond donors (Lipinski definition) is 2. The fourth-order valence-electron chi connectivity index (χ4n) is 2.24. The molecule has 0 bridgehead atoms. The van der Waals surface area contributed by atoms with Gasteiger partial charge >= 0.3 is 0 Å². The molecular weight excluding hydrogens is 232 g/mol. The van der Waals surface area contributed by atoms with Gasteiger partial charge in [0, 0.05) is 18.8 Å². The number of nitrogen functional groups attached to an aromatic ring is 1. The zero-order valence-electron chi connectivity index (χ0n) is 10.6. The van der Waals surface area contributed by atoms with Crippen LogP contribution >= 0.6 is 0 Å². The van der Waals surface area contributed by atoms with Crippen LogP contribution in [0.3, 0.4) is 0 Å². The summed E-state index contributed by atoms with van der Waals surface area (Å²) in [5.41, 5.74) is 6.50. The molecule has 1 amide bonds. The molecule has 0 radical (unpaired) electrons. The Morgan fingerprint density at radius 1 is 1.39 bits per heavy atom. The molecule has 0 aromatic heterocycles. The maximum atomic E-state index is 12.3. The minimum atomic E-state index is -0.162. The van der Waals surface area contributed by atoms with E-state index in [1.54, 1.807) is 4.90 Å². The Balaban J connectivity index is 2.22. The molecule has 0 aliphatic carbocycles. The van der Waals surface area contributed by atoms with Crippen LogP contribution in [0.2, 0.25) is 0 Å². The summed E-state index contributed by atoms with van der Waals surface area (Å²) in [4.78, 5) is 14.1. The Labute approximate surface area is 106 Å². The van der Waals surface area contributed by atoms with Gasteiger partial charge in [-0.2, -0.15) is 0 Å². The van der Waals surface area contributed by atoms with Gasteiger partial charge in [0.15, 0.2) is 0 Å². The van der Waals surface area contributed by atoms with Crippen LogP contribution in [-0.4, -0.2) is 41.2 Å². The number of carbonyl (C=O) groups excluding carboxylic acids is 1. The van der Waals surface area contributed by atoms with Crippen molar-refractivity contribution in [1.29, 1.82) is 0 Å². The highest BCUT2D eigenvalue weighted by Crippen LogP contribution is 2.22. The van der Waals surface area contributed by atoms with E-state index >= 15 is 0 Å². The molecule has 1 saturated heterocycles. The highest BCUT2D eigenvalue weighted by atomic mass is 16.5.